The maximum atomic E-state index is 13.3. The Morgan fingerprint density at radius 3 is 2.17 bits per heavy atom. The number of hydrogen-bond donors (Lipinski definition) is 1. The maximum Gasteiger partial charge on any atom is 0.241 e. The third-order valence-electron chi connectivity index (χ3n) is 5.99. The first-order valence-electron chi connectivity index (χ1n) is 11.7. The lowest BCUT2D eigenvalue weighted by atomic mass is 10.0. The average molecular weight is 505 g/mol. The zero-order valence-electron chi connectivity index (χ0n) is 20.0. The minimum absolute atomic E-state index is 0.241. The summed E-state index contributed by atoms with van der Waals surface area (Å²) in [4.78, 5) is 14.5. The third kappa shape index (κ3) is 5.19. The van der Waals surface area contributed by atoms with Crippen LogP contribution in [-0.2, 0) is 16.4 Å². The topological polar surface area (TPSA) is 83.8 Å². The second kappa shape index (κ2) is 9.26. The van der Waals surface area contributed by atoms with Gasteiger partial charge in [-0.15, -0.1) is 11.3 Å². The van der Waals surface area contributed by atoms with Crippen LogP contribution < -0.4 is 15.4 Å². The average Bonchev–Trinajstić information content (AvgIpc) is 3.38. The first-order chi connectivity index (χ1) is 16.7. The Kier molecular flexibility index (Phi) is 6.29. The van der Waals surface area contributed by atoms with Crippen LogP contribution in [0.2, 0.25) is 0 Å². The first kappa shape index (κ1) is 23.8. The SMILES string of the molecule is CC(C)CC(NS(=O)(=O)c1ccc(CC2(C)N=c3ccccc3=N2)cc1)c1nc2ccccc2s1. The Morgan fingerprint density at radius 1 is 0.914 bits per heavy atom. The number of rotatable bonds is 8. The lowest BCUT2D eigenvalue weighted by Crippen LogP contribution is -2.29. The molecule has 1 aliphatic rings. The number of nitrogens with one attached hydrogen (secondary N) is 1. The van der Waals surface area contributed by atoms with Crippen molar-refractivity contribution in [2.24, 2.45) is 15.9 Å². The van der Waals surface area contributed by atoms with Crippen LogP contribution in [0, 0.1) is 5.92 Å². The fourth-order valence-electron chi connectivity index (χ4n) is 4.41. The van der Waals surface area contributed by atoms with E-state index < -0.39 is 15.7 Å². The van der Waals surface area contributed by atoms with Crippen molar-refractivity contribution in [2.45, 2.75) is 50.2 Å². The Morgan fingerprint density at radius 2 is 1.54 bits per heavy atom. The molecule has 1 atom stereocenters. The summed E-state index contributed by atoms with van der Waals surface area (Å²) in [5.41, 5.74) is 1.29. The van der Waals surface area contributed by atoms with E-state index >= 15 is 0 Å². The van der Waals surface area contributed by atoms with Crippen molar-refractivity contribution >= 4 is 31.6 Å². The lowest BCUT2D eigenvalue weighted by Gasteiger charge is -2.19. The van der Waals surface area contributed by atoms with Crippen LogP contribution in [-0.4, -0.2) is 19.1 Å². The van der Waals surface area contributed by atoms with Crippen molar-refractivity contribution in [3.63, 3.8) is 0 Å². The Labute approximate surface area is 209 Å². The van der Waals surface area contributed by atoms with Gasteiger partial charge in [-0.2, -0.15) is 0 Å². The molecule has 3 aromatic carbocycles. The monoisotopic (exact) mass is 504 g/mol. The summed E-state index contributed by atoms with van der Waals surface area (Å²) >= 11 is 1.54. The van der Waals surface area contributed by atoms with Crippen LogP contribution >= 0.6 is 11.3 Å². The van der Waals surface area contributed by atoms with Gasteiger partial charge in [0, 0.05) is 6.42 Å². The second-order valence-electron chi connectivity index (χ2n) is 9.57. The molecule has 8 heteroatoms. The molecule has 0 saturated heterocycles. The van der Waals surface area contributed by atoms with Gasteiger partial charge in [-0.25, -0.2) is 18.1 Å². The van der Waals surface area contributed by atoms with Crippen molar-refractivity contribution < 1.29 is 8.42 Å². The molecule has 0 fully saturated rings. The van der Waals surface area contributed by atoms with Gasteiger partial charge in [-0.3, -0.25) is 9.98 Å². The molecule has 0 saturated carbocycles. The maximum absolute atomic E-state index is 13.3. The van der Waals surface area contributed by atoms with Crippen LogP contribution in [0.15, 0.2) is 87.7 Å². The van der Waals surface area contributed by atoms with E-state index in [0.29, 0.717) is 18.8 Å². The van der Waals surface area contributed by atoms with Gasteiger partial charge in [0.2, 0.25) is 10.0 Å². The molecule has 1 aliphatic heterocycles. The summed E-state index contributed by atoms with van der Waals surface area (Å²) in [6, 6.07) is 22.4. The number of fused-ring (bicyclic) bond motifs is 2. The normalized spacial score (nSPS) is 15.5. The van der Waals surface area contributed by atoms with Crippen molar-refractivity contribution in [2.75, 3.05) is 0 Å². The molecule has 0 amide bonds. The van der Waals surface area contributed by atoms with Crippen molar-refractivity contribution in [1.29, 1.82) is 0 Å². The molecule has 0 spiro atoms. The number of benzene rings is 3. The number of para-hydroxylation sites is 3. The highest BCUT2D eigenvalue weighted by Gasteiger charge is 2.27. The number of nitrogens with zero attached hydrogens (tertiary/aromatic N) is 3. The molecule has 0 bridgehead atoms. The van der Waals surface area contributed by atoms with Gasteiger partial charge in [0.05, 0.1) is 31.9 Å². The minimum Gasteiger partial charge on any atom is -0.253 e. The predicted octanol–water partition coefficient (Wildman–Crippen LogP) is 4.57. The molecule has 0 aliphatic carbocycles. The van der Waals surface area contributed by atoms with Gasteiger partial charge in [0.15, 0.2) is 5.66 Å². The number of hydrogen-bond acceptors (Lipinski definition) is 6. The molecule has 0 radical (unpaired) electrons. The quantitative estimate of drug-likeness (QED) is 0.381. The zero-order valence-corrected chi connectivity index (χ0v) is 21.6. The minimum atomic E-state index is -3.72. The summed E-state index contributed by atoms with van der Waals surface area (Å²) in [5.74, 6) is 0.306. The van der Waals surface area contributed by atoms with Gasteiger partial charge < -0.3 is 0 Å². The van der Waals surface area contributed by atoms with E-state index in [2.05, 4.69) is 18.6 Å². The van der Waals surface area contributed by atoms with Crippen LogP contribution in [0.25, 0.3) is 10.2 Å². The van der Waals surface area contributed by atoms with Crippen molar-refractivity contribution in [3.05, 3.63) is 94.1 Å². The molecule has 5 rings (SSSR count). The number of aromatic nitrogens is 1. The fraction of sp³-hybridized carbons (Fsp3) is 0.296. The van der Waals surface area contributed by atoms with E-state index in [0.717, 1.165) is 31.5 Å². The predicted molar refractivity (Wildman–Crippen MR) is 139 cm³/mol. The highest BCUT2D eigenvalue weighted by atomic mass is 32.2. The summed E-state index contributed by atoms with van der Waals surface area (Å²) in [7, 11) is -3.72. The van der Waals surface area contributed by atoms with Crippen LogP contribution in [0.5, 0.6) is 0 Å². The van der Waals surface area contributed by atoms with Gasteiger partial charge in [-0.05, 0) is 61.2 Å². The molecule has 35 heavy (non-hydrogen) atoms. The molecule has 4 aromatic rings. The smallest absolute Gasteiger partial charge is 0.241 e. The van der Waals surface area contributed by atoms with E-state index in [1.807, 2.05) is 67.6 Å². The fourth-order valence-corrected chi connectivity index (χ4v) is 6.73. The van der Waals surface area contributed by atoms with E-state index in [1.54, 1.807) is 12.1 Å². The summed E-state index contributed by atoms with van der Waals surface area (Å²) < 4.78 is 30.6. The molecule has 1 N–H and O–H groups in total. The summed E-state index contributed by atoms with van der Waals surface area (Å²) in [5, 5.41) is 2.57. The molecule has 6 nitrogen and oxygen atoms in total. The van der Waals surface area contributed by atoms with Crippen LogP contribution in [0.3, 0.4) is 0 Å². The van der Waals surface area contributed by atoms with Crippen molar-refractivity contribution in [1.82, 2.24) is 9.71 Å². The van der Waals surface area contributed by atoms with E-state index in [1.165, 1.54) is 11.3 Å². The van der Waals surface area contributed by atoms with E-state index in [9.17, 15) is 8.42 Å². The lowest BCUT2D eigenvalue weighted by molar-refractivity contribution is 0.471. The molecular weight excluding hydrogens is 476 g/mol. The van der Waals surface area contributed by atoms with E-state index in [-0.39, 0.29) is 10.9 Å². The van der Waals surface area contributed by atoms with Gasteiger partial charge in [0.1, 0.15) is 5.01 Å². The Bertz CT molecular complexity index is 1520. The van der Waals surface area contributed by atoms with Crippen molar-refractivity contribution in [3.8, 4) is 0 Å². The molecule has 1 unspecified atom stereocenters. The summed E-state index contributed by atoms with van der Waals surface area (Å²) in [6.07, 6.45) is 1.26. The van der Waals surface area contributed by atoms with E-state index in [4.69, 9.17) is 15.0 Å². The van der Waals surface area contributed by atoms with Crippen LogP contribution in [0.1, 0.15) is 43.8 Å². The molecule has 1 aromatic heterocycles. The molecular formula is C27H28N4O2S2. The first-order valence-corrected chi connectivity index (χ1v) is 14.0. The Balaban J connectivity index is 1.36. The van der Waals surface area contributed by atoms with Gasteiger partial charge >= 0.3 is 0 Å². The standard InChI is InChI=1S/C27H28N4O2S2/c1-18(2)16-24(26-28-23-10-6-7-11-25(23)34-26)31-35(32,33)20-14-12-19(13-15-20)17-27(3)29-21-8-4-5-9-22(21)30-27/h4-15,18,24,31H,16-17H2,1-3H3. The van der Waals surface area contributed by atoms with Gasteiger partial charge in [0.25, 0.3) is 0 Å². The molecule has 2 heterocycles. The van der Waals surface area contributed by atoms with Gasteiger partial charge in [-0.1, -0.05) is 50.2 Å². The molecule has 180 valence electrons. The number of thiazole rings is 1. The zero-order chi connectivity index (χ0) is 24.6. The third-order valence-corrected chi connectivity index (χ3v) is 8.63. The number of sulfonamides is 1. The van der Waals surface area contributed by atoms with Crippen LogP contribution in [0.4, 0.5) is 0 Å². The largest absolute Gasteiger partial charge is 0.253 e. The second-order valence-corrected chi connectivity index (χ2v) is 12.3. The summed E-state index contributed by atoms with van der Waals surface area (Å²) in [6.45, 7) is 6.16. The highest BCUT2D eigenvalue weighted by Crippen LogP contribution is 2.31. The highest BCUT2D eigenvalue weighted by molar-refractivity contribution is 7.89. The Hall–Kier alpha value is -2.94.